The maximum absolute atomic E-state index is 13.2. The van der Waals surface area contributed by atoms with Gasteiger partial charge in [0, 0.05) is 34.5 Å². The normalized spacial score (nSPS) is 10.4. The first-order chi connectivity index (χ1) is 14.0. The SMILES string of the molecule is COC(=O)CCc1c(O)cccc1Nc1ccccc1C(=O)c1ccc(F)cc1. The smallest absolute Gasteiger partial charge is 0.305 e. The third kappa shape index (κ3) is 4.79. The van der Waals surface area contributed by atoms with E-state index < -0.39 is 5.82 Å². The summed E-state index contributed by atoms with van der Waals surface area (Å²) in [5, 5.41) is 13.4. The summed E-state index contributed by atoms with van der Waals surface area (Å²) in [7, 11) is 1.31. The number of esters is 1. The highest BCUT2D eigenvalue weighted by Gasteiger charge is 2.16. The third-order valence-electron chi connectivity index (χ3n) is 4.51. The standard InChI is InChI=1S/C23H20FNO4/c1-29-22(27)14-13-17-19(7-4-8-21(17)26)25-20-6-3-2-5-18(20)23(28)15-9-11-16(24)12-10-15/h2-12,25-26H,13-14H2,1H3. The highest BCUT2D eigenvalue weighted by Crippen LogP contribution is 2.31. The highest BCUT2D eigenvalue weighted by atomic mass is 19.1. The second kappa shape index (κ2) is 9.01. The fourth-order valence-electron chi connectivity index (χ4n) is 2.98. The topological polar surface area (TPSA) is 75.6 Å². The summed E-state index contributed by atoms with van der Waals surface area (Å²) in [5.74, 6) is -1.01. The molecular weight excluding hydrogens is 373 g/mol. The Balaban J connectivity index is 1.92. The summed E-state index contributed by atoms with van der Waals surface area (Å²) in [6.45, 7) is 0. The summed E-state index contributed by atoms with van der Waals surface area (Å²) in [6, 6.07) is 17.2. The number of rotatable bonds is 7. The molecule has 0 fully saturated rings. The zero-order chi connectivity index (χ0) is 20.8. The van der Waals surface area contributed by atoms with Gasteiger partial charge in [-0.15, -0.1) is 0 Å². The number of halogens is 1. The van der Waals surface area contributed by atoms with Crippen molar-refractivity contribution >= 4 is 23.1 Å². The lowest BCUT2D eigenvalue weighted by molar-refractivity contribution is -0.140. The van der Waals surface area contributed by atoms with Crippen LogP contribution in [0.4, 0.5) is 15.8 Å². The number of methoxy groups -OCH3 is 1. The number of carbonyl (C=O) groups excluding carboxylic acids is 2. The van der Waals surface area contributed by atoms with Crippen molar-refractivity contribution in [2.24, 2.45) is 0 Å². The first kappa shape index (κ1) is 20.1. The first-order valence-corrected chi connectivity index (χ1v) is 9.03. The molecule has 0 radical (unpaired) electrons. The molecule has 148 valence electrons. The molecule has 0 saturated carbocycles. The maximum Gasteiger partial charge on any atom is 0.305 e. The van der Waals surface area contributed by atoms with Crippen molar-refractivity contribution in [1.82, 2.24) is 0 Å². The van der Waals surface area contributed by atoms with Gasteiger partial charge in [-0.1, -0.05) is 18.2 Å². The van der Waals surface area contributed by atoms with Crippen LogP contribution in [0.25, 0.3) is 0 Å². The van der Waals surface area contributed by atoms with Crippen LogP contribution in [-0.4, -0.2) is 24.0 Å². The van der Waals surface area contributed by atoms with Crippen LogP contribution in [-0.2, 0) is 16.0 Å². The minimum Gasteiger partial charge on any atom is -0.508 e. The summed E-state index contributed by atoms with van der Waals surface area (Å²) >= 11 is 0. The molecule has 29 heavy (non-hydrogen) atoms. The van der Waals surface area contributed by atoms with Crippen LogP contribution >= 0.6 is 0 Å². The maximum atomic E-state index is 13.2. The minimum absolute atomic E-state index is 0.0428. The third-order valence-corrected chi connectivity index (χ3v) is 4.51. The van der Waals surface area contributed by atoms with E-state index in [0.717, 1.165) is 0 Å². The van der Waals surface area contributed by atoms with E-state index in [0.29, 0.717) is 28.1 Å². The summed E-state index contributed by atoms with van der Waals surface area (Å²) < 4.78 is 17.8. The van der Waals surface area contributed by atoms with E-state index in [2.05, 4.69) is 10.1 Å². The zero-order valence-electron chi connectivity index (χ0n) is 15.8. The van der Waals surface area contributed by atoms with E-state index in [4.69, 9.17) is 0 Å². The quantitative estimate of drug-likeness (QED) is 0.453. The Hall–Kier alpha value is -3.67. The van der Waals surface area contributed by atoms with E-state index in [1.165, 1.54) is 37.4 Å². The highest BCUT2D eigenvalue weighted by molar-refractivity contribution is 6.12. The molecule has 3 aromatic carbocycles. The van der Waals surface area contributed by atoms with E-state index in [9.17, 15) is 19.1 Å². The molecule has 0 heterocycles. The first-order valence-electron chi connectivity index (χ1n) is 9.03. The molecule has 3 aromatic rings. The Kier molecular flexibility index (Phi) is 6.24. The number of aromatic hydroxyl groups is 1. The average molecular weight is 393 g/mol. The van der Waals surface area contributed by atoms with Crippen molar-refractivity contribution in [3.8, 4) is 5.75 Å². The number of carbonyl (C=O) groups is 2. The molecule has 0 amide bonds. The van der Waals surface area contributed by atoms with Crippen LogP contribution in [0.3, 0.4) is 0 Å². The Morgan fingerprint density at radius 2 is 1.66 bits per heavy atom. The predicted molar refractivity (Wildman–Crippen MR) is 108 cm³/mol. The molecule has 0 atom stereocenters. The minimum atomic E-state index is -0.414. The van der Waals surface area contributed by atoms with Crippen LogP contribution in [0.15, 0.2) is 66.7 Å². The second-order valence-electron chi connectivity index (χ2n) is 6.39. The Morgan fingerprint density at radius 1 is 0.966 bits per heavy atom. The zero-order valence-corrected chi connectivity index (χ0v) is 15.8. The van der Waals surface area contributed by atoms with Crippen molar-refractivity contribution in [2.75, 3.05) is 12.4 Å². The second-order valence-corrected chi connectivity index (χ2v) is 6.39. The predicted octanol–water partition coefficient (Wildman–Crippen LogP) is 4.61. The van der Waals surface area contributed by atoms with Crippen LogP contribution in [0, 0.1) is 5.82 Å². The van der Waals surface area contributed by atoms with Crippen molar-refractivity contribution in [3.05, 3.63) is 89.2 Å². The van der Waals surface area contributed by atoms with Gasteiger partial charge in [0.2, 0.25) is 0 Å². The average Bonchev–Trinajstić information content (AvgIpc) is 2.73. The molecule has 6 heteroatoms. The largest absolute Gasteiger partial charge is 0.508 e. The van der Waals surface area contributed by atoms with Crippen LogP contribution in [0.2, 0.25) is 0 Å². The molecule has 0 bridgehead atoms. The number of ketones is 1. The van der Waals surface area contributed by atoms with Gasteiger partial charge in [0.1, 0.15) is 11.6 Å². The van der Waals surface area contributed by atoms with Crippen LogP contribution in [0.1, 0.15) is 27.9 Å². The van der Waals surface area contributed by atoms with Gasteiger partial charge in [-0.25, -0.2) is 4.39 Å². The van der Waals surface area contributed by atoms with E-state index in [1.54, 1.807) is 36.4 Å². The number of phenols is 1. The monoisotopic (exact) mass is 393 g/mol. The molecule has 0 aromatic heterocycles. The fourth-order valence-corrected chi connectivity index (χ4v) is 2.98. The Morgan fingerprint density at radius 3 is 2.38 bits per heavy atom. The van der Waals surface area contributed by atoms with Gasteiger partial charge in [-0.3, -0.25) is 9.59 Å². The van der Waals surface area contributed by atoms with Crippen molar-refractivity contribution in [3.63, 3.8) is 0 Å². The number of nitrogens with one attached hydrogen (secondary N) is 1. The number of anilines is 2. The number of para-hydroxylation sites is 1. The molecule has 5 nitrogen and oxygen atoms in total. The lowest BCUT2D eigenvalue weighted by Crippen LogP contribution is -2.07. The number of benzene rings is 3. The molecule has 0 spiro atoms. The molecule has 0 aliphatic carbocycles. The van der Waals surface area contributed by atoms with Gasteiger partial charge in [0.05, 0.1) is 7.11 Å². The number of phenolic OH excluding ortho intramolecular Hbond substituents is 1. The summed E-state index contributed by atoms with van der Waals surface area (Å²) in [6.07, 6.45) is 0.384. The van der Waals surface area contributed by atoms with Crippen molar-refractivity contribution in [1.29, 1.82) is 0 Å². The van der Waals surface area contributed by atoms with Crippen molar-refractivity contribution < 1.29 is 23.8 Å². The molecule has 3 rings (SSSR count). The molecule has 0 unspecified atom stereocenters. The van der Waals surface area contributed by atoms with Crippen molar-refractivity contribution in [2.45, 2.75) is 12.8 Å². The number of ether oxygens (including phenoxy) is 1. The summed E-state index contributed by atoms with van der Waals surface area (Å²) in [4.78, 5) is 24.4. The Bertz CT molecular complexity index is 1030. The Labute approximate surface area is 167 Å². The van der Waals surface area contributed by atoms with Crippen LogP contribution in [0.5, 0.6) is 5.75 Å². The van der Waals surface area contributed by atoms with E-state index in [1.807, 2.05) is 0 Å². The van der Waals surface area contributed by atoms with Gasteiger partial charge in [-0.2, -0.15) is 0 Å². The van der Waals surface area contributed by atoms with Gasteiger partial charge >= 0.3 is 5.97 Å². The van der Waals surface area contributed by atoms with Gasteiger partial charge in [-0.05, 0) is 55.0 Å². The van der Waals surface area contributed by atoms with E-state index >= 15 is 0 Å². The van der Waals surface area contributed by atoms with Crippen LogP contribution < -0.4 is 5.32 Å². The molecule has 0 aliphatic rings. The van der Waals surface area contributed by atoms with Gasteiger partial charge < -0.3 is 15.2 Å². The number of hydrogen-bond donors (Lipinski definition) is 2. The van der Waals surface area contributed by atoms with Gasteiger partial charge in [0.15, 0.2) is 5.78 Å². The lowest BCUT2D eigenvalue weighted by Gasteiger charge is -2.16. The number of hydrogen-bond acceptors (Lipinski definition) is 5. The summed E-state index contributed by atoms with van der Waals surface area (Å²) in [5.41, 5.74) is 2.42. The van der Waals surface area contributed by atoms with Gasteiger partial charge in [0.25, 0.3) is 0 Å². The molecular formula is C23H20FNO4. The lowest BCUT2D eigenvalue weighted by atomic mass is 10.0. The molecule has 0 saturated heterocycles. The fraction of sp³-hybridized carbons (Fsp3) is 0.130. The molecule has 0 aliphatic heterocycles. The molecule has 2 N–H and O–H groups in total. The van der Waals surface area contributed by atoms with E-state index in [-0.39, 0.29) is 30.3 Å².